The Morgan fingerprint density at radius 2 is 1.57 bits per heavy atom. The minimum absolute atomic E-state index is 0.0348. The summed E-state index contributed by atoms with van der Waals surface area (Å²) >= 11 is 13.9. The second-order valence-electron chi connectivity index (χ2n) is 21.0. The molecule has 2 rings (SSSR count). The molecule has 364 valence electrons. The lowest BCUT2D eigenvalue weighted by Crippen LogP contribution is -2.47. The smallest absolute Gasteiger partial charge is 0.408 e. The molecule has 0 saturated carbocycles. The van der Waals surface area contributed by atoms with Crippen LogP contribution in [0.25, 0.3) is 0 Å². The van der Waals surface area contributed by atoms with Gasteiger partial charge in [0.15, 0.2) is 42.8 Å². The SMILES string of the molecule is C#C[C@@]1(CC#C[Si](CC)(CC)CC)OC(C)(C)O[C@@H]1COC(=O)C[C@@H](NC(=O)OC(C)(C)C)c1ccc(O[C@@H](C=C(Br)Br)[C@H](C#CO[Si](C)(C)C(C)(C)C)O[Si](C)(C)C(C)(C)C)c(Cl)n1. The number of ether oxygens (including phenoxy) is 5. The molecular weight excluding hydrogens is 1030 g/mol. The lowest BCUT2D eigenvalue weighted by Gasteiger charge is -2.39. The number of amides is 1. The van der Waals surface area contributed by atoms with Gasteiger partial charge in [-0.3, -0.25) is 4.79 Å². The molecule has 0 radical (unpaired) electrons. The monoisotopic (exact) mass is 1100 g/mol. The first-order valence-electron chi connectivity index (χ1n) is 22.3. The van der Waals surface area contributed by atoms with Crippen molar-refractivity contribution in [1.29, 1.82) is 0 Å². The number of nitrogens with zero attached hydrogens (tertiary/aromatic N) is 1. The van der Waals surface area contributed by atoms with Crippen LogP contribution < -0.4 is 10.1 Å². The molecule has 2 heterocycles. The van der Waals surface area contributed by atoms with Gasteiger partial charge in [0.05, 0.1) is 34.1 Å². The average molecular weight is 1100 g/mol. The van der Waals surface area contributed by atoms with Gasteiger partial charge >= 0.3 is 12.1 Å². The van der Waals surface area contributed by atoms with Crippen LogP contribution in [0.3, 0.4) is 0 Å². The number of halogens is 3. The second-order valence-corrected chi connectivity index (χ2v) is 38.6. The number of hydrogen-bond donors (Lipinski definition) is 1. The van der Waals surface area contributed by atoms with Gasteiger partial charge in [-0.15, -0.1) is 17.9 Å². The largest absolute Gasteiger partial charge is 0.500 e. The van der Waals surface area contributed by atoms with Gasteiger partial charge in [-0.1, -0.05) is 79.8 Å². The number of esters is 1. The summed E-state index contributed by atoms with van der Waals surface area (Å²) in [5.74, 6) is 7.85. The first kappa shape index (κ1) is 58.8. The molecule has 65 heavy (non-hydrogen) atoms. The third-order valence-corrected chi connectivity index (χ3v) is 26.6. The molecular formula is C48H75Br2ClN2O9Si3. The van der Waals surface area contributed by atoms with Crippen LogP contribution in [0.2, 0.25) is 59.5 Å². The van der Waals surface area contributed by atoms with Crippen LogP contribution in [0.1, 0.15) is 122 Å². The summed E-state index contributed by atoms with van der Waals surface area (Å²) in [6.07, 6.45) is 7.61. The van der Waals surface area contributed by atoms with Crippen LogP contribution >= 0.6 is 43.5 Å². The van der Waals surface area contributed by atoms with Crippen molar-refractivity contribution in [3.05, 3.63) is 32.4 Å². The Hall–Kier alpha value is -2.31. The molecule has 1 aliphatic rings. The highest BCUT2D eigenvalue weighted by atomic mass is 79.9. The molecule has 17 heteroatoms. The van der Waals surface area contributed by atoms with Crippen LogP contribution in [0.5, 0.6) is 5.75 Å². The highest BCUT2D eigenvalue weighted by molar-refractivity contribution is 9.28. The Morgan fingerprint density at radius 3 is 2.06 bits per heavy atom. The lowest BCUT2D eigenvalue weighted by atomic mass is 9.94. The third-order valence-electron chi connectivity index (χ3n) is 12.4. The van der Waals surface area contributed by atoms with Gasteiger partial charge in [0.2, 0.25) is 0 Å². The van der Waals surface area contributed by atoms with E-state index in [1.165, 1.54) is 0 Å². The van der Waals surface area contributed by atoms with E-state index >= 15 is 0 Å². The molecule has 5 atom stereocenters. The Kier molecular flexibility index (Phi) is 21.1. The topological polar surface area (TPSA) is 124 Å². The first-order valence-corrected chi connectivity index (χ1v) is 32.7. The molecule has 0 spiro atoms. The number of nitrogens with one attached hydrogen (secondary N) is 1. The van der Waals surface area contributed by atoms with Crippen LogP contribution in [0.15, 0.2) is 21.6 Å². The predicted molar refractivity (Wildman–Crippen MR) is 277 cm³/mol. The van der Waals surface area contributed by atoms with E-state index in [0.717, 1.165) is 18.1 Å². The van der Waals surface area contributed by atoms with E-state index in [2.05, 4.69) is 160 Å². The Morgan fingerprint density at radius 1 is 0.985 bits per heavy atom. The first-order chi connectivity index (χ1) is 29.6. The number of rotatable bonds is 17. The number of pyridine rings is 1. The van der Waals surface area contributed by atoms with E-state index in [9.17, 15) is 9.59 Å². The summed E-state index contributed by atoms with van der Waals surface area (Å²) < 4.78 is 44.2. The van der Waals surface area contributed by atoms with E-state index in [4.69, 9.17) is 50.6 Å². The van der Waals surface area contributed by atoms with Crippen molar-refractivity contribution in [3.8, 4) is 41.6 Å². The molecule has 11 nitrogen and oxygen atoms in total. The maximum atomic E-state index is 13.7. The second kappa shape index (κ2) is 23.3. The normalized spacial score (nSPS) is 19.2. The summed E-state index contributed by atoms with van der Waals surface area (Å²) in [4.78, 5) is 31.5. The van der Waals surface area contributed by atoms with E-state index in [1.807, 2.05) is 0 Å². The zero-order valence-corrected chi connectivity index (χ0v) is 49.0. The Balaban J connectivity index is 2.53. The van der Waals surface area contributed by atoms with Crippen molar-refractivity contribution in [2.24, 2.45) is 0 Å². The van der Waals surface area contributed by atoms with Gasteiger partial charge in [0.1, 0.15) is 26.4 Å². The average Bonchev–Trinajstić information content (AvgIpc) is 3.43. The minimum atomic E-state index is -2.43. The number of terminal acetylenes is 1. The minimum Gasteiger partial charge on any atom is -0.500 e. The fourth-order valence-electron chi connectivity index (χ4n) is 6.12. The van der Waals surface area contributed by atoms with Crippen LogP contribution in [-0.2, 0) is 32.6 Å². The molecule has 1 fully saturated rings. The number of carbonyl (C=O) groups is 2. The summed E-state index contributed by atoms with van der Waals surface area (Å²) in [6, 6.07) is 5.32. The number of carbonyl (C=O) groups excluding carboxylic acids is 2. The predicted octanol–water partition coefficient (Wildman–Crippen LogP) is 13.0. The van der Waals surface area contributed by atoms with Crippen LogP contribution in [0.4, 0.5) is 4.79 Å². The van der Waals surface area contributed by atoms with E-state index in [-0.39, 0.29) is 46.1 Å². The van der Waals surface area contributed by atoms with Crippen molar-refractivity contribution in [2.75, 3.05) is 6.61 Å². The molecule has 0 bridgehead atoms. The molecule has 1 aromatic heterocycles. The molecule has 1 N–H and O–H groups in total. The van der Waals surface area contributed by atoms with Crippen molar-refractivity contribution >= 4 is 80.2 Å². The Bertz CT molecular complexity index is 2000. The summed E-state index contributed by atoms with van der Waals surface area (Å²) in [5.41, 5.74) is 1.75. The van der Waals surface area contributed by atoms with Crippen molar-refractivity contribution < 1.29 is 42.1 Å². The molecule has 0 aliphatic carbocycles. The highest BCUT2D eigenvalue weighted by Gasteiger charge is 2.53. The van der Waals surface area contributed by atoms with Gasteiger partial charge < -0.3 is 37.9 Å². The van der Waals surface area contributed by atoms with Gasteiger partial charge in [-0.2, -0.15) is 0 Å². The van der Waals surface area contributed by atoms with Crippen molar-refractivity contribution in [1.82, 2.24) is 10.3 Å². The maximum absolute atomic E-state index is 13.7. The quantitative estimate of drug-likeness (QED) is 0.0698. The molecule has 1 saturated heterocycles. The van der Waals surface area contributed by atoms with Gasteiger partial charge in [-0.05, 0) is 145 Å². The van der Waals surface area contributed by atoms with E-state index < -0.39 is 78.1 Å². The van der Waals surface area contributed by atoms with Gasteiger partial charge in [0, 0.05) is 0 Å². The molecule has 1 amide bonds. The van der Waals surface area contributed by atoms with Crippen molar-refractivity contribution in [2.45, 2.75) is 206 Å². The Labute approximate surface area is 416 Å². The zero-order chi connectivity index (χ0) is 50.0. The number of aromatic nitrogens is 1. The number of alkyl carbamates (subject to hydrolysis) is 1. The molecule has 1 aromatic rings. The summed E-state index contributed by atoms with van der Waals surface area (Å²) in [5, 5.41) is 2.53. The lowest BCUT2D eigenvalue weighted by molar-refractivity contribution is -0.162. The summed E-state index contributed by atoms with van der Waals surface area (Å²) in [6.45, 7) is 36.5. The van der Waals surface area contributed by atoms with Crippen LogP contribution in [0, 0.1) is 35.8 Å². The van der Waals surface area contributed by atoms with E-state index in [1.54, 1.807) is 52.8 Å². The fourth-order valence-corrected chi connectivity index (χ4v) is 11.1. The molecule has 0 unspecified atom stereocenters. The van der Waals surface area contributed by atoms with Gasteiger partial charge in [0.25, 0.3) is 8.32 Å². The third kappa shape index (κ3) is 17.6. The van der Waals surface area contributed by atoms with Crippen molar-refractivity contribution in [3.63, 3.8) is 0 Å². The molecule has 1 aliphatic heterocycles. The van der Waals surface area contributed by atoms with E-state index in [0.29, 0.717) is 3.39 Å². The zero-order valence-electron chi connectivity index (χ0n) is 42.1. The standard InChI is InChI=1S/C48H75Br2ClN2O9Si3/c1-20-48(28-24-30-65(21-2,22-3)23-4)39(59-47(14,15)62-48)33-56-41(54)31-35(53-43(55)60-44(5,6)7)34-25-26-37(42(51)52-34)58-38(32-40(49)50)36(61-64(18,19)46(11,12)13)27-29-57-63(16,17)45(8,9)10/h1,25-26,32,35-36,38-39H,21-23,28,31,33H2,2-19H3,(H,53,55)/t35-,36+,38+,39-,48+/m1/s1. The number of hydrogen-bond acceptors (Lipinski definition) is 10. The summed E-state index contributed by atoms with van der Waals surface area (Å²) in [7, 11) is -6.43. The van der Waals surface area contributed by atoms with Crippen LogP contribution in [-0.4, -0.2) is 83.7 Å². The fraction of sp³-hybridized carbons (Fsp3) is 0.688. The maximum Gasteiger partial charge on any atom is 0.408 e. The van der Waals surface area contributed by atoms with Gasteiger partial charge in [-0.25, -0.2) is 9.78 Å². The highest BCUT2D eigenvalue weighted by Crippen LogP contribution is 2.41. The molecule has 0 aromatic carbocycles.